The molecule has 1 aliphatic rings. The van der Waals surface area contributed by atoms with Crippen molar-refractivity contribution in [2.45, 2.75) is 76.0 Å². The van der Waals surface area contributed by atoms with Crippen molar-refractivity contribution < 1.29 is 43.5 Å². The molecular weight excluding hydrogens is 707 g/mol. The van der Waals surface area contributed by atoms with Crippen molar-refractivity contribution in [1.82, 2.24) is 16.0 Å². The zero-order chi connectivity index (χ0) is 39.0. The van der Waals surface area contributed by atoms with E-state index in [9.17, 15) is 38.9 Å². The van der Waals surface area contributed by atoms with E-state index in [0.717, 1.165) is 5.56 Å². The molecule has 2 aromatic carbocycles. The molecule has 1 fully saturated rings. The molecule has 1 aliphatic carbocycles. The van der Waals surface area contributed by atoms with Gasteiger partial charge in [-0.2, -0.15) is 0 Å². The van der Waals surface area contributed by atoms with E-state index in [1.807, 2.05) is 0 Å². The number of aliphatic imine (C=N–C) groups is 2. The Kier molecular flexibility index (Phi) is 16.6. The summed E-state index contributed by atoms with van der Waals surface area (Å²) in [5, 5.41) is 39.6. The lowest BCUT2D eigenvalue weighted by molar-refractivity contribution is -0.223. The Hall–Kier alpha value is -5.09. The Morgan fingerprint density at radius 3 is 2.17 bits per heavy atom. The number of nitrogens with two attached hydrogens (primary N) is 2. The maximum Gasteiger partial charge on any atom is 0.469 e. The maximum absolute atomic E-state index is 13.9. The Balaban J connectivity index is 1.86. The van der Waals surface area contributed by atoms with Gasteiger partial charge < -0.3 is 52.8 Å². The van der Waals surface area contributed by atoms with Crippen molar-refractivity contribution in [2.75, 3.05) is 13.2 Å². The van der Waals surface area contributed by atoms with Gasteiger partial charge in [0.2, 0.25) is 17.7 Å². The Morgan fingerprint density at radius 2 is 1.60 bits per heavy atom. The van der Waals surface area contributed by atoms with E-state index in [2.05, 4.69) is 25.9 Å². The number of rotatable bonds is 20. The van der Waals surface area contributed by atoms with Crippen molar-refractivity contribution in [1.29, 1.82) is 5.41 Å². The van der Waals surface area contributed by atoms with Crippen molar-refractivity contribution in [2.24, 2.45) is 27.4 Å². The molecule has 0 spiro atoms. The highest BCUT2D eigenvalue weighted by atomic mass is 31.2. The lowest BCUT2D eigenvalue weighted by atomic mass is 9.98. The van der Waals surface area contributed by atoms with Gasteiger partial charge >= 0.3 is 7.82 Å². The van der Waals surface area contributed by atoms with E-state index < -0.39 is 74.0 Å². The average molecular weight is 755 g/mol. The van der Waals surface area contributed by atoms with Crippen LogP contribution >= 0.6 is 7.82 Å². The standard InChI is InChI=1S/C35H49N8O9P/c1-22(44)40-29(18-23-10-4-2-5-11-23)34(48)43-30(19-24-12-6-3-7-13-24)33(47)41-26(21-52-53(49,50)51)20-25-14-8-15-27(25)32(46)42-28(31(36)45)16-9-17-39-35(37)38/h2-7,10-13,20,26-30H,8-9,14-19,21H2,1H3,(H2,36,45)(H,40,44)(H,41,47)(H,42,46)(H,43,48)(H4,37,38,39)(H2,49,50,51)/p-2/b25-20-/t26-,27-,28+,29+,30+/m1/s1. The minimum absolute atomic E-state index is 0.00986. The Bertz CT molecular complexity index is 1680. The molecule has 10 N–H and O–H groups in total. The second-order valence-electron chi connectivity index (χ2n) is 12.6. The predicted octanol–water partition coefficient (Wildman–Crippen LogP) is -0.700. The molecule has 0 radical (unpaired) electrons. The zero-order valence-electron chi connectivity index (χ0n) is 29.4. The molecule has 17 nitrogen and oxygen atoms in total. The summed E-state index contributed by atoms with van der Waals surface area (Å²) < 4.78 is 16.5. The summed E-state index contributed by atoms with van der Waals surface area (Å²) >= 11 is 0. The molecule has 5 atom stereocenters. The lowest BCUT2D eigenvalue weighted by Gasteiger charge is -2.26. The van der Waals surface area contributed by atoms with Gasteiger partial charge in [0.1, 0.15) is 12.1 Å². The number of carbonyl (C=O) groups excluding carboxylic acids is 3. The number of guanidine groups is 1. The van der Waals surface area contributed by atoms with Crippen LogP contribution in [0.3, 0.4) is 0 Å². The third-order valence-corrected chi connectivity index (χ3v) is 8.78. The number of nitrogens with one attached hydrogen (secondary N) is 4. The number of nitrogens with zero attached hydrogens (tertiary/aromatic N) is 2. The molecular formula is C35H47N8O9P-2. The van der Waals surface area contributed by atoms with Crippen LogP contribution in [0.15, 0.2) is 82.3 Å². The number of hydrogen-bond acceptors (Lipinski definition) is 10. The van der Waals surface area contributed by atoms with E-state index in [1.54, 1.807) is 60.7 Å². The fourth-order valence-electron chi connectivity index (χ4n) is 5.84. The number of hydrogen-bond donors (Lipinski definition) is 8. The number of carbonyl (C=O) groups is 3. The first-order chi connectivity index (χ1) is 25.1. The summed E-state index contributed by atoms with van der Waals surface area (Å²) in [6.45, 7) is 0.729. The highest BCUT2D eigenvalue weighted by molar-refractivity contribution is 7.46. The van der Waals surface area contributed by atoms with Gasteiger partial charge in [-0.3, -0.25) is 28.9 Å². The molecule has 3 amide bonds. The molecule has 0 saturated heterocycles. The summed E-state index contributed by atoms with van der Waals surface area (Å²) in [5.41, 5.74) is 12.6. The summed E-state index contributed by atoms with van der Waals surface area (Å²) in [6.07, 6.45) is 3.34. The first kappa shape index (κ1) is 42.3. The minimum atomic E-state index is -5.01. The summed E-state index contributed by atoms with van der Waals surface area (Å²) in [4.78, 5) is 67.7. The van der Waals surface area contributed by atoms with Crippen LogP contribution in [-0.2, 0) is 36.3 Å². The molecule has 1 saturated carbocycles. The van der Waals surface area contributed by atoms with Gasteiger partial charge in [-0.1, -0.05) is 72.3 Å². The second-order valence-corrected chi connectivity index (χ2v) is 13.8. The molecule has 18 heteroatoms. The molecule has 0 bridgehead atoms. The molecule has 3 rings (SSSR count). The van der Waals surface area contributed by atoms with Crippen LogP contribution in [0.25, 0.3) is 0 Å². The van der Waals surface area contributed by atoms with E-state index in [-0.39, 0.29) is 31.8 Å². The fraction of sp³-hybridized carbons (Fsp3) is 0.429. The van der Waals surface area contributed by atoms with Crippen LogP contribution in [0.1, 0.15) is 50.2 Å². The van der Waals surface area contributed by atoms with E-state index in [1.165, 1.54) is 13.0 Å². The van der Waals surface area contributed by atoms with Gasteiger partial charge in [-0.15, -0.1) is 0 Å². The predicted molar refractivity (Wildman–Crippen MR) is 194 cm³/mol. The van der Waals surface area contributed by atoms with Gasteiger partial charge in [0, 0.05) is 19.4 Å². The van der Waals surface area contributed by atoms with Crippen molar-refractivity contribution in [3.8, 4) is 0 Å². The topological polar surface area (TPSA) is 301 Å². The molecule has 288 valence electrons. The van der Waals surface area contributed by atoms with Gasteiger partial charge in [0.15, 0.2) is 5.96 Å². The fourth-order valence-corrected chi connectivity index (χ4v) is 6.20. The van der Waals surface area contributed by atoms with Gasteiger partial charge in [-0.05, 0) is 62.0 Å². The van der Waals surface area contributed by atoms with Crippen LogP contribution in [0.4, 0.5) is 0 Å². The Labute approximate surface area is 307 Å². The molecule has 0 aromatic heterocycles. The highest BCUT2D eigenvalue weighted by Gasteiger charge is 2.32. The third kappa shape index (κ3) is 15.6. The number of amides is 3. The normalized spacial score (nSPS) is 17.6. The van der Waals surface area contributed by atoms with E-state index >= 15 is 0 Å². The van der Waals surface area contributed by atoms with Crippen LogP contribution in [-0.4, -0.2) is 82.6 Å². The van der Waals surface area contributed by atoms with Gasteiger partial charge in [0.05, 0.1) is 24.6 Å². The third-order valence-electron chi connectivity index (χ3n) is 8.29. The summed E-state index contributed by atoms with van der Waals surface area (Å²) in [6, 6.07) is 13.0. The van der Waals surface area contributed by atoms with Gasteiger partial charge in [0.25, 0.3) is 0 Å². The van der Waals surface area contributed by atoms with Crippen LogP contribution in [0.2, 0.25) is 0 Å². The smallest absolute Gasteiger partial charge is 0.469 e. The minimum Gasteiger partial charge on any atom is -0.862 e. The molecule has 53 heavy (non-hydrogen) atoms. The zero-order valence-corrected chi connectivity index (χ0v) is 30.2. The highest BCUT2D eigenvalue weighted by Crippen LogP contribution is 2.36. The maximum atomic E-state index is 13.9. The van der Waals surface area contributed by atoms with Crippen molar-refractivity contribution >= 4 is 43.3 Å². The first-order valence-corrected chi connectivity index (χ1v) is 18.6. The van der Waals surface area contributed by atoms with Crippen LogP contribution in [0.5, 0.6) is 0 Å². The summed E-state index contributed by atoms with van der Waals surface area (Å²) in [7, 11) is -5.01. The monoisotopic (exact) mass is 754 g/mol. The molecule has 0 aliphatic heterocycles. The Morgan fingerprint density at radius 1 is 0.981 bits per heavy atom. The number of phosphoric ester groups is 1. The van der Waals surface area contributed by atoms with E-state index in [4.69, 9.17) is 21.4 Å². The quantitative estimate of drug-likeness (QED) is 0.0275. The molecule has 2 aromatic rings. The number of phosphoric acid groups is 1. The molecule has 0 unspecified atom stereocenters. The van der Waals surface area contributed by atoms with Gasteiger partial charge in [-0.25, -0.2) is 4.57 Å². The second kappa shape index (κ2) is 20.8. The van der Waals surface area contributed by atoms with Crippen molar-refractivity contribution in [3.63, 3.8) is 0 Å². The van der Waals surface area contributed by atoms with Crippen LogP contribution in [0, 0.1) is 11.3 Å². The van der Waals surface area contributed by atoms with Crippen molar-refractivity contribution in [3.05, 3.63) is 83.4 Å². The summed E-state index contributed by atoms with van der Waals surface area (Å²) in [5.74, 6) is -4.43. The van der Waals surface area contributed by atoms with Crippen LogP contribution < -0.4 is 37.6 Å². The average Bonchev–Trinajstić information content (AvgIpc) is 3.56. The largest absolute Gasteiger partial charge is 0.862 e. The number of benzene rings is 2. The SMILES string of the molecule is CC([O-])=N[C@@H](Cc1ccccc1)C(=O)N[C@@H](Cc1ccccc1)C(=O)N[C@H](/C=C1/CCC[C@H]1C(=O)N[C@@H](CCCN=C(N)N)C(=N)[O-])COP(=O)(O)O. The molecule has 0 heterocycles. The lowest BCUT2D eigenvalue weighted by Crippen LogP contribution is -2.53. The first-order valence-electron chi connectivity index (χ1n) is 17.0. The van der Waals surface area contributed by atoms with E-state index in [0.29, 0.717) is 36.8 Å².